The monoisotopic (exact) mass is 406 g/mol. The summed E-state index contributed by atoms with van der Waals surface area (Å²) in [6, 6.07) is 14.8. The van der Waals surface area contributed by atoms with Gasteiger partial charge < -0.3 is 9.64 Å². The van der Waals surface area contributed by atoms with Gasteiger partial charge in [0.1, 0.15) is 12.1 Å². The van der Waals surface area contributed by atoms with Crippen molar-refractivity contribution in [2.24, 2.45) is 0 Å². The Morgan fingerprint density at radius 3 is 2.80 bits per heavy atom. The zero-order valence-corrected chi connectivity index (χ0v) is 16.7. The number of amides is 1. The zero-order chi connectivity index (χ0) is 21.1. The molecule has 1 aromatic heterocycles. The predicted molar refractivity (Wildman–Crippen MR) is 110 cm³/mol. The minimum Gasteiger partial charge on any atom is -0.454 e. The summed E-state index contributed by atoms with van der Waals surface area (Å²) < 4.78 is 6.06. The van der Waals surface area contributed by atoms with E-state index in [1.165, 1.54) is 5.56 Å². The summed E-state index contributed by atoms with van der Waals surface area (Å²) in [7, 11) is 1.72. The number of fused-ring (bicyclic) bond motifs is 2. The van der Waals surface area contributed by atoms with Gasteiger partial charge in [0.25, 0.3) is 11.5 Å². The van der Waals surface area contributed by atoms with Crippen LogP contribution < -0.4 is 5.56 Å². The summed E-state index contributed by atoms with van der Waals surface area (Å²) in [6.07, 6.45) is 2.88. The fourth-order valence-electron chi connectivity index (χ4n) is 3.84. The van der Waals surface area contributed by atoms with Crippen LogP contribution in [0.3, 0.4) is 0 Å². The second-order valence-corrected chi connectivity index (χ2v) is 7.34. The van der Waals surface area contributed by atoms with E-state index >= 15 is 0 Å². The molecule has 1 unspecified atom stereocenters. The lowest BCUT2D eigenvalue weighted by Gasteiger charge is -2.33. The van der Waals surface area contributed by atoms with Crippen LogP contribution in [-0.2, 0) is 27.3 Å². The van der Waals surface area contributed by atoms with Crippen LogP contribution in [0.4, 0.5) is 0 Å². The van der Waals surface area contributed by atoms with Crippen molar-refractivity contribution >= 4 is 22.8 Å². The van der Waals surface area contributed by atoms with Gasteiger partial charge in [-0.15, -0.1) is 5.10 Å². The average molecular weight is 406 g/mol. The van der Waals surface area contributed by atoms with E-state index in [2.05, 4.69) is 16.4 Å². The van der Waals surface area contributed by atoms with Crippen LogP contribution in [0.2, 0.25) is 0 Å². The molecule has 1 aliphatic carbocycles. The number of esters is 1. The molecular weight excluding hydrogens is 384 g/mol. The highest BCUT2D eigenvalue weighted by Crippen LogP contribution is 2.33. The number of likely N-dealkylation sites (N-methyl/N-ethyl adjacent to an activating group) is 1. The first-order valence-corrected chi connectivity index (χ1v) is 9.86. The number of carbonyl (C=O) groups is 2. The van der Waals surface area contributed by atoms with Crippen molar-refractivity contribution in [1.29, 1.82) is 0 Å². The molecule has 1 amide bonds. The van der Waals surface area contributed by atoms with Crippen LogP contribution in [-0.4, -0.2) is 45.4 Å². The molecule has 30 heavy (non-hydrogen) atoms. The first-order chi connectivity index (χ1) is 14.5. The van der Waals surface area contributed by atoms with E-state index in [-0.39, 0.29) is 18.6 Å². The summed E-state index contributed by atoms with van der Waals surface area (Å²) in [5.74, 6) is -1.01. The lowest BCUT2D eigenvalue weighted by molar-refractivity contribution is -0.153. The van der Waals surface area contributed by atoms with E-state index in [0.717, 1.165) is 29.5 Å². The summed E-state index contributed by atoms with van der Waals surface area (Å²) >= 11 is 0. The lowest BCUT2D eigenvalue weighted by atomic mass is 9.87. The molecule has 8 nitrogen and oxygen atoms in total. The van der Waals surface area contributed by atoms with Gasteiger partial charge >= 0.3 is 5.97 Å². The Balaban J connectivity index is 1.38. The zero-order valence-electron chi connectivity index (χ0n) is 16.7. The van der Waals surface area contributed by atoms with Gasteiger partial charge in [-0.05, 0) is 42.5 Å². The maximum absolute atomic E-state index is 12.6. The Bertz CT molecular complexity index is 1160. The summed E-state index contributed by atoms with van der Waals surface area (Å²) in [5, 5.41) is 8.06. The molecule has 1 aliphatic rings. The SMILES string of the molecule is CN(C(=O)COC(=O)Cn1nnc2ccccc2c1=O)C1CCCc2ccccc21. The third kappa shape index (κ3) is 3.94. The normalized spacial score (nSPS) is 15.4. The maximum atomic E-state index is 12.6. The van der Waals surface area contributed by atoms with Crippen molar-refractivity contribution in [3.8, 4) is 0 Å². The molecule has 0 saturated carbocycles. The molecule has 1 heterocycles. The van der Waals surface area contributed by atoms with Gasteiger partial charge in [0, 0.05) is 7.05 Å². The van der Waals surface area contributed by atoms with Crippen LogP contribution in [0.15, 0.2) is 53.3 Å². The quantitative estimate of drug-likeness (QED) is 0.601. The van der Waals surface area contributed by atoms with E-state index in [1.807, 2.05) is 18.2 Å². The van der Waals surface area contributed by atoms with Gasteiger partial charge in [-0.3, -0.25) is 14.4 Å². The van der Waals surface area contributed by atoms with E-state index < -0.39 is 18.1 Å². The number of benzene rings is 2. The molecule has 0 saturated heterocycles. The van der Waals surface area contributed by atoms with Crippen molar-refractivity contribution in [3.63, 3.8) is 0 Å². The molecule has 0 fully saturated rings. The van der Waals surface area contributed by atoms with E-state index in [4.69, 9.17) is 4.74 Å². The van der Waals surface area contributed by atoms with Crippen molar-refractivity contribution in [3.05, 3.63) is 70.0 Å². The fraction of sp³-hybridized carbons (Fsp3) is 0.318. The number of aromatic nitrogens is 3. The molecule has 4 rings (SSSR count). The van der Waals surface area contributed by atoms with Crippen LogP contribution in [0, 0.1) is 0 Å². The topological polar surface area (TPSA) is 94.4 Å². The number of aryl methyl sites for hydroxylation is 1. The minimum atomic E-state index is -0.715. The molecule has 0 bridgehead atoms. The molecule has 0 radical (unpaired) electrons. The Hall–Kier alpha value is -3.55. The largest absolute Gasteiger partial charge is 0.454 e. The lowest BCUT2D eigenvalue weighted by Crippen LogP contribution is -2.37. The maximum Gasteiger partial charge on any atom is 0.328 e. The van der Waals surface area contributed by atoms with E-state index in [0.29, 0.717) is 10.9 Å². The number of nitrogens with zero attached hydrogens (tertiary/aromatic N) is 4. The standard InChI is InChI=1S/C22H22N4O4/c1-25(19-12-6-8-15-7-2-3-9-16(15)19)20(27)14-30-21(28)13-26-22(29)17-10-4-5-11-18(17)23-24-26/h2-5,7,9-11,19H,6,8,12-14H2,1H3. The number of hydrogen-bond acceptors (Lipinski definition) is 6. The third-order valence-electron chi connectivity index (χ3n) is 5.46. The average Bonchev–Trinajstić information content (AvgIpc) is 2.78. The van der Waals surface area contributed by atoms with E-state index in [9.17, 15) is 14.4 Å². The smallest absolute Gasteiger partial charge is 0.328 e. The molecule has 3 aromatic rings. The predicted octanol–water partition coefficient (Wildman–Crippen LogP) is 1.87. The summed E-state index contributed by atoms with van der Waals surface area (Å²) in [5.41, 5.74) is 2.42. The van der Waals surface area contributed by atoms with Crippen LogP contribution in [0.5, 0.6) is 0 Å². The van der Waals surface area contributed by atoms with Crippen molar-refractivity contribution in [1.82, 2.24) is 19.9 Å². The van der Waals surface area contributed by atoms with E-state index in [1.54, 1.807) is 36.2 Å². The van der Waals surface area contributed by atoms with Gasteiger partial charge in [0.05, 0.1) is 11.4 Å². The highest BCUT2D eigenvalue weighted by atomic mass is 16.5. The third-order valence-corrected chi connectivity index (χ3v) is 5.46. The van der Waals surface area contributed by atoms with Gasteiger partial charge in [-0.25, -0.2) is 0 Å². The van der Waals surface area contributed by atoms with Crippen molar-refractivity contribution in [2.45, 2.75) is 31.8 Å². The molecule has 0 N–H and O–H groups in total. The Morgan fingerprint density at radius 2 is 1.93 bits per heavy atom. The molecular formula is C22H22N4O4. The highest BCUT2D eigenvalue weighted by molar-refractivity contribution is 5.81. The minimum absolute atomic E-state index is 0.0323. The first kappa shape index (κ1) is 19.8. The second-order valence-electron chi connectivity index (χ2n) is 7.34. The molecule has 2 aromatic carbocycles. The van der Waals surface area contributed by atoms with Crippen LogP contribution in [0.25, 0.3) is 10.9 Å². The van der Waals surface area contributed by atoms with Gasteiger partial charge in [-0.2, -0.15) is 4.68 Å². The van der Waals surface area contributed by atoms with Gasteiger partial charge in [-0.1, -0.05) is 41.6 Å². The van der Waals surface area contributed by atoms with Crippen LogP contribution >= 0.6 is 0 Å². The molecule has 0 spiro atoms. The summed E-state index contributed by atoms with van der Waals surface area (Å²) in [6.45, 7) is -0.788. The second kappa shape index (κ2) is 8.44. The number of rotatable bonds is 5. The number of ether oxygens (including phenoxy) is 1. The Labute approximate surface area is 173 Å². The number of hydrogen-bond donors (Lipinski definition) is 0. The molecule has 154 valence electrons. The number of carbonyl (C=O) groups excluding carboxylic acids is 2. The Morgan fingerprint density at radius 1 is 1.17 bits per heavy atom. The molecule has 1 atom stereocenters. The highest BCUT2D eigenvalue weighted by Gasteiger charge is 2.27. The van der Waals surface area contributed by atoms with Crippen molar-refractivity contribution in [2.75, 3.05) is 13.7 Å². The van der Waals surface area contributed by atoms with Crippen molar-refractivity contribution < 1.29 is 14.3 Å². The van der Waals surface area contributed by atoms with Gasteiger partial charge in [0.15, 0.2) is 6.61 Å². The summed E-state index contributed by atoms with van der Waals surface area (Å²) in [4.78, 5) is 38.8. The molecule has 8 heteroatoms. The fourth-order valence-corrected chi connectivity index (χ4v) is 3.84. The molecule has 0 aliphatic heterocycles. The van der Waals surface area contributed by atoms with Crippen LogP contribution in [0.1, 0.15) is 30.0 Å². The van der Waals surface area contributed by atoms with Gasteiger partial charge in [0.2, 0.25) is 0 Å². The first-order valence-electron chi connectivity index (χ1n) is 9.86. The Kier molecular flexibility index (Phi) is 5.56.